The van der Waals surface area contributed by atoms with Gasteiger partial charge in [-0.1, -0.05) is 44.9 Å². The van der Waals surface area contributed by atoms with Crippen LogP contribution in [0.25, 0.3) is 0 Å². The van der Waals surface area contributed by atoms with Crippen molar-refractivity contribution in [1.29, 1.82) is 0 Å². The Hall–Kier alpha value is -2.35. The van der Waals surface area contributed by atoms with Crippen LogP contribution in [0.4, 0.5) is 0 Å². The van der Waals surface area contributed by atoms with E-state index in [1.54, 1.807) is 0 Å². The van der Waals surface area contributed by atoms with Crippen LogP contribution in [0.5, 0.6) is 0 Å². The number of hydrogen-bond acceptors (Lipinski definition) is 23. The lowest BCUT2D eigenvalue weighted by Gasteiger charge is -2.64. The summed E-state index contributed by atoms with van der Waals surface area (Å²) in [5.74, 6) is -0.934. The van der Waals surface area contributed by atoms with E-state index in [1.165, 1.54) is 26.5 Å². The van der Waals surface area contributed by atoms with Crippen molar-refractivity contribution in [1.82, 2.24) is 0 Å². The number of esters is 2. The molecule has 8 fully saturated rings. The maximum atomic E-state index is 14.7. The van der Waals surface area contributed by atoms with Crippen LogP contribution in [0.2, 0.25) is 0 Å². The first kappa shape index (κ1) is 61.2. The Morgan fingerprint density at radius 1 is 0.759 bits per heavy atom. The van der Waals surface area contributed by atoms with Crippen LogP contribution in [0.1, 0.15) is 113 Å². The smallest absolute Gasteiger partial charge is 0.397 e. The first-order valence-corrected chi connectivity index (χ1v) is 29.1. The molecule has 0 bridgehead atoms. The largest absolute Gasteiger partial charge is 0.462 e. The van der Waals surface area contributed by atoms with Gasteiger partial charge in [-0.05, 0) is 101 Å². The van der Waals surface area contributed by atoms with Crippen molar-refractivity contribution >= 4 is 22.3 Å². The predicted molar refractivity (Wildman–Crippen MR) is 270 cm³/mol. The molecule has 5 saturated heterocycles. The number of hydrogen-bond donors (Lipinski definition) is 8. The fourth-order valence-corrected chi connectivity index (χ4v) is 16.6. The highest BCUT2D eigenvalue weighted by molar-refractivity contribution is 7.80. The molecule has 3 saturated carbocycles. The van der Waals surface area contributed by atoms with Crippen molar-refractivity contribution < 1.29 is 115 Å². The Morgan fingerprint density at radius 3 is 2.01 bits per heavy atom. The third-order valence-electron chi connectivity index (χ3n) is 19.8. The second-order valence-electron chi connectivity index (χ2n) is 25.1. The van der Waals surface area contributed by atoms with Crippen LogP contribution in [-0.4, -0.2) is 210 Å². The quantitative estimate of drug-likeness (QED) is 0.0613. The van der Waals surface area contributed by atoms with Gasteiger partial charge in [0.05, 0.1) is 43.4 Å². The Kier molecular flexibility index (Phi) is 17.5. The molecule has 450 valence electrons. The number of carbonyl (C=O) groups is 2. The number of aliphatic hydroxyl groups excluding tert-OH is 7. The molecular formula is C54H84O24S. The molecule has 9 rings (SSSR count). The molecule has 4 aliphatic carbocycles. The molecule has 5 aliphatic heterocycles. The van der Waals surface area contributed by atoms with Gasteiger partial charge in [0.25, 0.3) is 0 Å². The summed E-state index contributed by atoms with van der Waals surface area (Å²) in [6.45, 7) is 18.2. The van der Waals surface area contributed by atoms with Gasteiger partial charge in [0.1, 0.15) is 85.0 Å². The van der Waals surface area contributed by atoms with E-state index in [9.17, 15) is 58.3 Å². The molecule has 26 atom stereocenters. The summed E-state index contributed by atoms with van der Waals surface area (Å²) in [7, 11) is -3.88. The molecule has 0 aromatic carbocycles. The minimum absolute atomic E-state index is 0.00419. The second kappa shape index (κ2) is 22.6. The van der Waals surface area contributed by atoms with Gasteiger partial charge < -0.3 is 87.9 Å². The lowest BCUT2D eigenvalue weighted by atomic mass is 9.41. The van der Waals surface area contributed by atoms with Crippen molar-refractivity contribution in [2.75, 3.05) is 26.9 Å². The van der Waals surface area contributed by atoms with Gasteiger partial charge in [-0.3, -0.25) is 14.1 Å². The Labute approximate surface area is 461 Å². The Morgan fingerprint density at radius 2 is 1.38 bits per heavy atom. The van der Waals surface area contributed by atoms with Crippen molar-refractivity contribution in [2.24, 2.45) is 39.4 Å². The van der Waals surface area contributed by atoms with Crippen LogP contribution in [0.15, 0.2) is 23.8 Å². The van der Waals surface area contributed by atoms with Crippen molar-refractivity contribution in [3.63, 3.8) is 0 Å². The topological polar surface area (TPSA) is 341 Å². The summed E-state index contributed by atoms with van der Waals surface area (Å²) in [6.07, 6.45) is -19.6. The third-order valence-corrected chi connectivity index (χ3v) is 20.3. The standard InChI is InChI=1S/C54H84O24S/c1-24(2)12-11-17-53(9)44-31(72-26(4)55)20-52(8)28-13-14-33-50(5,6)34(16-18-51(33,7)27(28)15-19-54(44,52)49(63)77-53)73-48-43(35(58)32(23-70-48)78-79(64,65)66)76-47-37(60)36(59)40(25(3)71-47)74-46-39(62)42(30(57)22-69-46)75-45-38(61)41(67-10)29(56)21-68-45/h13,25,27,29-48,56-62H,1,11-12,14-23H2,2-10H3,(H,64,65,66)/t25-,27+,29-,30-,31+,32-,33+,34+,35+,36-,37-,38-,39-,40-,41+,42+,43-,44-,45+,46+,47+,48+,51-,52+,53+,54-/m1/s1. The normalized spacial score (nSPS) is 49.6. The van der Waals surface area contributed by atoms with Gasteiger partial charge in [-0.25, -0.2) is 4.18 Å². The van der Waals surface area contributed by atoms with Crippen LogP contribution < -0.4 is 0 Å². The van der Waals surface area contributed by atoms with Gasteiger partial charge in [0, 0.05) is 19.4 Å². The number of fused-ring (bicyclic) bond motifs is 4. The zero-order chi connectivity index (χ0) is 57.7. The van der Waals surface area contributed by atoms with Crippen LogP contribution >= 0.6 is 0 Å². The lowest BCUT2D eigenvalue weighted by molar-refractivity contribution is -0.380. The van der Waals surface area contributed by atoms with Gasteiger partial charge in [-0.15, -0.1) is 6.58 Å². The fraction of sp³-hybridized carbons (Fsp3) is 0.889. The zero-order valence-electron chi connectivity index (χ0n) is 46.5. The predicted octanol–water partition coefficient (Wildman–Crippen LogP) is 1.26. The number of allylic oxidation sites excluding steroid dienone is 3. The molecule has 0 aromatic heterocycles. The van der Waals surface area contributed by atoms with E-state index in [2.05, 4.69) is 40.3 Å². The lowest BCUT2D eigenvalue weighted by Crippen LogP contribution is -2.65. The van der Waals surface area contributed by atoms with E-state index in [0.29, 0.717) is 44.9 Å². The number of methoxy groups -OCH3 is 1. The molecule has 8 N–H and O–H groups in total. The SMILES string of the molecule is C=C(C)CCC[C@]1(C)OC(=O)[C@]23CC[C@H]4C(=CC[C@H]5C(C)(C)[C@@H](O[C@@H]6OC[C@@H](OS(=O)(=O)O)[C@H](O)[C@H]6O[C@@H]6O[C@H](C)[C@@H](O[C@@H]7OC[C@@H](O)[C@H](O[C@@H]8OC[C@@H](O)[C@H](OC)[C@H]8O)[C@H]7O)[C@H](O)[C@H]6O)CC[C@]45C)[C@]2(C)C[C@H](OC(C)=O)[C@@H]31. The second-order valence-corrected chi connectivity index (χ2v) is 26.2. The molecule has 25 heteroatoms. The molecular weight excluding hydrogens is 1060 g/mol. The number of carbonyl (C=O) groups excluding carboxylic acids is 2. The van der Waals surface area contributed by atoms with E-state index in [4.69, 9.17) is 56.3 Å². The van der Waals surface area contributed by atoms with Gasteiger partial charge in [0.2, 0.25) is 0 Å². The molecule has 9 aliphatic rings. The van der Waals surface area contributed by atoms with Crippen LogP contribution in [0.3, 0.4) is 0 Å². The van der Waals surface area contributed by atoms with E-state index in [1.807, 2.05) is 13.8 Å². The highest BCUT2D eigenvalue weighted by Crippen LogP contribution is 2.77. The number of ether oxygens (including phenoxy) is 11. The molecule has 1 spiro atoms. The summed E-state index contributed by atoms with van der Waals surface area (Å²) in [4.78, 5) is 27.4. The van der Waals surface area contributed by atoms with Gasteiger partial charge in [0.15, 0.2) is 25.2 Å². The molecule has 24 nitrogen and oxygen atoms in total. The third kappa shape index (κ3) is 10.8. The van der Waals surface area contributed by atoms with Crippen molar-refractivity contribution in [2.45, 2.75) is 235 Å². The maximum absolute atomic E-state index is 14.7. The monoisotopic (exact) mass is 1150 g/mol. The first-order chi connectivity index (χ1) is 36.9. The van der Waals surface area contributed by atoms with Gasteiger partial charge in [-0.2, -0.15) is 8.42 Å². The minimum Gasteiger partial charge on any atom is -0.462 e. The van der Waals surface area contributed by atoms with Crippen molar-refractivity contribution in [3.05, 3.63) is 23.8 Å². The molecule has 0 radical (unpaired) electrons. The van der Waals surface area contributed by atoms with Crippen LogP contribution in [-0.2, 0) is 76.3 Å². The van der Waals surface area contributed by atoms with E-state index >= 15 is 0 Å². The molecule has 5 heterocycles. The van der Waals surface area contributed by atoms with Gasteiger partial charge >= 0.3 is 22.3 Å². The first-order valence-electron chi connectivity index (χ1n) is 27.7. The Bertz CT molecular complexity index is 2390. The van der Waals surface area contributed by atoms with Crippen molar-refractivity contribution in [3.8, 4) is 0 Å². The Balaban J connectivity index is 0.909. The zero-order valence-corrected chi connectivity index (χ0v) is 47.3. The number of aliphatic hydroxyl groups is 7. The average molecular weight is 1150 g/mol. The number of rotatable bonds is 16. The minimum atomic E-state index is -5.15. The highest BCUT2D eigenvalue weighted by Gasteiger charge is 2.79. The van der Waals surface area contributed by atoms with E-state index < -0.39 is 168 Å². The maximum Gasteiger partial charge on any atom is 0.397 e. The molecule has 0 unspecified atom stereocenters. The average Bonchev–Trinajstić information content (AvgIpc) is 3.81. The summed E-state index contributed by atoms with van der Waals surface area (Å²) in [6, 6.07) is 0. The van der Waals surface area contributed by atoms with E-state index in [-0.39, 0.29) is 35.7 Å². The van der Waals surface area contributed by atoms with E-state index in [0.717, 1.165) is 18.4 Å². The molecule has 0 amide bonds. The summed E-state index contributed by atoms with van der Waals surface area (Å²) >= 11 is 0. The summed E-state index contributed by atoms with van der Waals surface area (Å²) < 4.78 is 104. The van der Waals surface area contributed by atoms with Crippen LogP contribution in [0, 0.1) is 39.4 Å². The summed E-state index contributed by atoms with van der Waals surface area (Å²) in [5, 5.41) is 77.9. The number of cyclic esters (lactones) is 1. The fourth-order valence-electron chi connectivity index (χ4n) is 16.1. The summed E-state index contributed by atoms with van der Waals surface area (Å²) in [5.41, 5.74) is -1.10. The highest BCUT2D eigenvalue weighted by atomic mass is 32.3. The molecule has 79 heavy (non-hydrogen) atoms. The molecule has 0 aromatic rings.